The fraction of sp³-hybridized carbons (Fsp3) is 0.269. The summed E-state index contributed by atoms with van der Waals surface area (Å²) in [5.41, 5.74) is 5.03. The van der Waals surface area contributed by atoms with E-state index in [1.54, 1.807) is 80.9 Å². The zero-order valence-corrected chi connectivity index (χ0v) is 42.0. The molecule has 0 fully saturated rings. The summed E-state index contributed by atoms with van der Waals surface area (Å²) in [6, 6.07) is 21.3. The second kappa shape index (κ2) is 26.6. The normalized spacial score (nSPS) is 10.9. The van der Waals surface area contributed by atoms with Crippen LogP contribution in [0.5, 0.6) is 0 Å². The molecule has 0 bridgehead atoms. The van der Waals surface area contributed by atoms with Gasteiger partial charge in [0, 0.05) is 58.2 Å². The maximum Gasteiger partial charge on any atom is 0.329 e. The van der Waals surface area contributed by atoms with Crippen molar-refractivity contribution in [3.8, 4) is 12.1 Å². The molecule has 0 amide bonds. The van der Waals surface area contributed by atoms with Gasteiger partial charge in [0.25, 0.3) is 21.2 Å². The molecule has 0 unspecified atom stereocenters. The highest BCUT2D eigenvalue weighted by Gasteiger charge is 2.25. The van der Waals surface area contributed by atoms with Gasteiger partial charge in [0.2, 0.25) is 11.6 Å². The van der Waals surface area contributed by atoms with Crippen LogP contribution >= 0.6 is 0 Å². The van der Waals surface area contributed by atoms with E-state index >= 15 is 0 Å². The molecule has 71 heavy (non-hydrogen) atoms. The molecule has 2 aromatic carbocycles. The van der Waals surface area contributed by atoms with Crippen molar-refractivity contribution in [3.63, 3.8) is 0 Å². The van der Waals surface area contributed by atoms with Crippen molar-refractivity contribution in [2.45, 2.75) is 87.2 Å². The van der Waals surface area contributed by atoms with Gasteiger partial charge in [-0.15, -0.1) is 0 Å². The van der Waals surface area contributed by atoms with Crippen LogP contribution in [0.1, 0.15) is 128 Å². The summed E-state index contributed by atoms with van der Waals surface area (Å²) in [5, 5.41) is 17.5. The lowest BCUT2D eigenvalue weighted by molar-refractivity contribution is 0.102. The van der Waals surface area contributed by atoms with Crippen LogP contribution in [0.2, 0.25) is 6.82 Å². The smallest absolute Gasteiger partial charge is 0.304 e. The zero-order valence-electron chi connectivity index (χ0n) is 41.2. The van der Waals surface area contributed by atoms with Crippen LogP contribution in [0.3, 0.4) is 0 Å². The standard InChI is InChI=1S/C25H24N4O3.C18H17N3O3.C8H11NO3S.CH3B/c1-15(2)21-22(23(30)20-11-16(3)10-18(13-20)6-5-8-26)29(25(32)28-24(21)31)14-19-7-9-27-17(4)12-19;1-10(2)14-15(20-18(24)21-17(14)23)16(22)13-8-11(3)7-12(9-13)5-4-6-19;1-7-5-8(3-4-9-7)6-12-13(2,10)11;1-2/h5-7,9-13,15H,14H2,1-4H3,(H,28,31,32);4-5,7-10H,1-3H3,(H2,20,21,23,24);3-5H,6H2,1-2H3;1H3/b6-5+;5-4+;;. The number of hydrogen-bond donors (Lipinski definition) is 3. The van der Waals surface area contributed by atoms with Gasteiger partial charge in [-0.05, 0) is 134 Å². The number of nitrogens with one attached hydrogen (secondary N) is 3. The van der Waals surface area contributed by atoms with Crippen LogP contribution in [-0.2, 0) is 27.5 Å². The molecule has 6 aromatic rings. The second-order valence-corrected chi connectivity index (χ2v) is 18.2. The molecular formula is C52H55BN8O9S. The lowest BCUT2D eigenvalue weighted by atomic mass is 9.95. The molecule has 6 rings (SSSR count). The van der Waals surface area contributed by atoms with E-state index < -0.39 is 44.2 Å². The van der Waals surface area contributed by atoms with Gasteiger partial charge in [0.1, 0.15) is 5.69 Å². The lowest BCUT2D eigenvalue weighted by Crippen LogP contribution is -2.38. The van der Waals surface area contributed by atoms with Crippen molar-refractivity contribution in [3.05, 3.63) is 205 Å². The predicted molar refractivity (Wildman–Crippen MR) is 274 cm³/mol. The van der Waals surface area contributed by atoms with Crippen LogP contribution in [-0.4, -0.2) is 63.6 Å². The summed E-state index contributed by atoms with van der Waals surface area (Å²) < 4.78 is 27.2. The number of benzene rings is 2. The number of carbonyl (C=O) groups is 2. The van der Waals surface area contributed by atoms with Gasteiger partial charge < -0.3 is 4.98 Å². The number of hydrogen-bond acceptors (Lipinski definition) is 13. The Morgan fingerprint density at radius 1 is 0.704 bits per heavy atom. The Morgan fingerprint density at radius 3 is 1.66 bits per heavy atom. The maximum absolute atomic E-state index is 13.7. The van der Waals surface area contributed by atoms with E-state index in [0.29, 0.717) is 22.3 Å². The summed E-state index contributed by atoms with van der Waals surface area (Å²) in [7, 11) is 1.14. The number of carbonyl (C=O) groups excluding carboxylic acids is 2. The monoisotopic (exact) mass is 978 g/mol. The first-order valence-corrected chi connectivity index (χ1v) is 23.8. The number of ketones is 2. The molecule has 0 aliphatic carbocycles. The Morgan fingerprint density at radius 2 is 1.18 bits per heavy atom. The number of aromatic nitrogens is 6. The molecule has 0 aliphatic rings. The Kier molecular flexibility index (Phi) is 21.4. The second-order valence-electron chi connectivity index (χ2n) is 16.5. The van der Waals surface area contributed by atoms with Crippen LogP contribution in [0.4, 0.5) is 0 Å². The van der Waals surface area contributed by atoms with Crippen molar-refractivity contribution < 1.29 is 22.2 Å². The topological polar surface area (TPSA) is 271 Å². The van der Waals surface area contributed by atoms with Gasteiger partial charge in [-0.3, -0.25) is 47.9 Å². The minimum atomic E-state index is -3.36. The third kappa shape index (κ3) is 17.1. The van der Waals surface area contributed by atoms with Crippen molar-refractivity contribution >= 4 is 41.7 Å². The SMILES string of the molecule is Cc1cc(/C=C/C#N)cc(C(=O)c2[nH]c(=O)[nH]c(=O)c2C(C)C)c1.Cc1cc(/C=C/C#N)cc(C(=O)c2c(C(C)C)c(=O)[nH]c(=O)n2Cc2ccnc(C)c2)c1.Cc1cc(COS(C)(=O)=O)ccn1.[B]C. The molecule has 366 valence electrons. The molecule has 2 radical (unpaired) electrons. The lowest BCUT2D eigenvalue weighted by Gasteiger charge is -2.18. The van der Waals surface area contributed by atoms with Crippen LogP contribution in [0, 0.1) is 50.4 Å². The molecule has 0 aliphatic heterocycles. The molecule has 4 heterocycles. The van der Waals surface area contributed by atoms with E-state index in [1.807, 2.05) is 71.9 Å². The molecule has 17 nitrogen and oxygen atoms in total. The highest BCUT2D eigenvalue weighted by molar-refractivity contribution is 7.85. The molecule has 19 heteroatoms. The van der Waals surface area contributed by atoms with E-state index in [9.17, 15) is 37.2 Å². The predicted octanol–water partition coefficient (Wildman–Crippen LogP) is 6.82. The summed E-state index contributed by atoms with van der Waals surface area (Å²) >= 11 is 0. The highest BCUT2D eigenvalue weighted by Crippen LogP contribution is 2.22. The van der Waals surface area contributed by atoms with Gasteiger partial charge in [-0.2, -0.15) is 18.9 Å². The van der Waals surface area contributed by atoms with Gasteiger partial charge in [0.05, 0.1) is 45.1 Å². The van der Waals surface area contributed by atoms with E-state index in [0.717, 1.165) is 39.9 Å². The van der Waals surface area contributed by atoms with E-state index in [1.165, 1.54) is 23.5 Å². The molecule has 3 N–H and O–H groups in total. The molecule has 0 atom stereocenters. The number of rotatable bonds is 13. The Hall–Kier alpha value is -8.13. The van der Waals surface area contributed by atoms with E-state index in [-0.39, 0.29) is 47.5 Å². The zero-order chi connectivity index (χ0) is 53.2. The number of aromatic amines is 3. The largest absolute Gasteiger partial charge is 0.329 e. The first kappa shape index (κ1) is 57.2. The Balaban J connectivity index is 0.000000300. The van der Waals surface area contributed by atoms with Gasteiger partial charge >= 0.3 is 11.4 Å². The van der Waals surface area contributed by atoms with Gasteiger partial charge in [-0.25, -0.2) is 9.59 Å². The minimum absolute atomic E-state index is 0.000405. The summed E-state index contributed by atoms with van der Waals surface area (Å²) in [6.45, 7) is 16.2. The third-order valence-electron chi connectivity index (χ3n) is 9.94. The average Bonchev–Trinajstić information content (AvgIpc) is 3.29. The summed E-state index contributed by atoms with van der Waals surface area (Å²) in [4.78, 5) is 90.8. The number of H-pyrrole nitrogens is 3. The van der Waals surface area contributed by atoms with Crippen molar-refractivity contribution in [1.29, 1.82) is 10.5 Å². The maximum atomic E-state index is 13.7. The minimum Gasteiger partial charge on any atom is -0.304 e. The molecular weight excluding hydrogens is 923 g/mol. The van der Waals surface area contributed by atoms with Gasteiger partial charge in [-0.1, -0.05) is 46.7 Å². The highest BCUT2D eigenvalue weighted by atomic mass is 32.2. The van der Waals surface area contributed by atoms with E-state index in [4.69, 9.17) is 10.5 Å². The number of allylic oxidation sites excluding steroid dienone is 2. The first-order chi connectivity index (χ1) is 33.5. The third-order valence-corrected chi connectivity index (χ3v) is 10.5. The van der Waals surface area contributed by atoms with Crippen molar-refractivity contribution in [2.75, 3.05) is 6.26 Å². The first-order valence-electron chi connectivity index (χ1n) is 22.0. The van der Waals surface area contributed by atoms with Crippen LogP contribution in [0.25, 0.3) is 12.2 Å². The van der Waals surface area contributed by atoms with Gasteiger partial charge in [0.15, 0.2) is 0 Å². The fourth-order valence-electron chi connectivity index (χ4n) is 7.13. The Labute approximate surface area is 413 Å². The van der Waals surface area contributed by atoms with Crippen molar-refractivity contribution in [1.82, 2.24) is 29.5 Å². The fourth-order valence-corrected chi connectivity index (χ4v) is 7.48. The quantitative estimate of drug-likeness (QED) is 0.0464. The molecule has 0 saturated carbocycles. The van der Waals surface area contributed by atoms with Crippen LogP contribution in [0.15, 0.2) is 104 Å². The van der Waals surface area contributed by atoms with E-state index in [2.05, 4.69) is 36.9 Å². The number of aryl methyl sites for hydroxylation is 4. The number of nitriles is 2. The van der Waals surface area contributed by atoms with Crippen LogP contribution < -0.4 is 22.5 Å². The number of nitrogens with zero attached hydrogens (tertiary/aromatic N) is 5. The Bertz CT molecular complexity index is 3410. The average molecular weight is 979 g/mol. The molecule has 0 saturated heterocycles. The number of pyridine rings is 2. The summed E-state index contributed by atoms with van der Waals surface area (Å²) in [5.74, 6) is -1.37. The molecule has 0 spiro atoms. The molecule has 4 aromatic heterocycles. The van der Waals surface area contributed by atoms with Crippen molar-refractivity contribution in [2.24, 2.45) is 0 Å². The summed E-state index contributed by atoms with van der Waals surface area (Å²) in [6.07, 6.45) is 10.1.